The average molecular weight is 316 g/mol. The Kier molecular flexibility index (Phi) is 8.01. The zero-order valence-corrected chi connectivity index (χ0v) is 15.6. The first-order valence-corrected chi connectivity index (χ1v) is 9.14. The van der Waals surface area contributed by atoms with Crippen molar-refractivity contribution < 1.29 is 4.79 Å². The van der Waals surface area contributed by atoms with Gasteiger partial charge in [0.1, 0.15) is 5.78 Å². The molecule has 128 valence electrons. The molecule has 0 unspecified atom stereocenters. The molecule has 0 saturated heterocycles. The van der Waals surface area contributed by atoms with Crippen molar-refractivity contribution in [2.24, 2.45) is 0 Å². The number of Topliss-reactive ketones (excluding diaryl/α,β-unsaturated/α-hetero) is 1. The van der Waals surface area contributed by atoms with E-state index in [0.29, 0.717) is 17.7 Å². The fourth-order valence-corrected chi connectivity index (χ4v) is 3.01. The predicted molar refractivity (Wildman–Crippen MR) is 99.0 cm³/mol. The molecule has 3 rings (SSSR count). The SMILES string of the molecule is CC.CC.CC(C)n1ncc2cc(C3CCC(=O)CC3)ccc21. The van der Waals surface area contributed by atoms with Crippen LogP contribution in [0.5, 0.6) is 0 Å². The lowest BCUT2D eigenvalue weighted by atomic mass is 9.83. The summed E-state index contributed by atoms with van der Waals surface area (Å²) in [5.74, 6) is 0.967. The normalized spacial score (nSPS) is 15.0. The standard InChI is InChI=1S/C16H20N2O.2C2H6/c1-11(2)18-16-8-5-13(9-14(16)10-17-18)12-3-6-15(19)7-4-12;2*1-2/h5,8-12H,3-4,6-7H2,1-2H3;2*1-2H3. The lowest BCUT2D eigenvalue weighted by molar-refractivity contribution is -0.120. The maximum absolute atomic E-state index is 11.3. The molecule has 0 amide bonds. The molecular weight excluding hydrogens is 284 g/mol. The number of benzene rings is 1. The van der Waals surface area contributed by atoms with Crippen molar-refractivity contribution in [2.45, 2.75) is 79.2 Å². The summed E-state index contributed by atoms with van der Waals surface area (Å²) >= 11 is 0. The van der Waals surface area contributed by atoms with E-state index in [-0.39, 0.29) is 0 Å². The summed E-state index contributed by atoms with van der Waals surface area (Å²) in [4.78, 5) is 11.3. The Morgan fingerprint density at radius 1 is 1.09 bits per heavy atom. The second-order valence-electron chi connectivity index (χ2n) is 5.81. The van der Waals surface area contributed by atoms with Gasteiger partial charge in [-0.1, -0.05) is 33.8 Å². The van der Waals surface area contributed by atoms with Crippen molar-refractivity contribution in [1.29, 1.82) is 0 Å². The molecule has 0 atom stereocenters. The fourth-order valence-electron chi connectivity index (χ4n) is 3.01. The van der Waals surface area contributed by atoms with E-state index in [1.54, 1.807) is 0 Å². The maximum atomic E-state index is 11.3. The van der Waals surface area contributed by atoms with Crippen LogP contribution in [-0.4, -0.2) is 15.6 Å². The van der Waals surface area contributed by atoms with Crippen molar-refractivity contribution >= 4 is 16.7 Å². The first-order chi connectivity index (χ1) is 11.1. The Balaban J connectivity index is 0.000000615. The molecule has 1 aromatic carbocycles. The van der Waals surface area contributed by atoms with Gasteiger partial charge in [0, 0.05) is 24.3 Å². The summed E-state index contributed by atoms with van der Waals surface area (Å²) in [5.41, 5.74) is 2.56. The molecule has 0 bridgehead atoms. The molecule has 3 nitrogen and oxygen atoms in total. The van der Waals surface area contributed by atoms with E-state index < -0.39 is 0 Å². The summed E-state index contributed by atoms with van der Waals surface area (Å²) in [6.45, 7) is 12.3. The van der Waals surface area contributed by atoms with Crippen molar-refractivity contribution in [1.82, 2.24) is 9.78 Å². The van der Waals surface area contributed by atoms with Gasteiger partial charge in [-0.2, -0.15) is 5.10 Å². The Hall–Kier alpha value is -1.64. The zero-order chi connectivity index (χ0) is 17.4. The highest BCUT2D eigenvalue weighted by Gasteiger charge is 2.20. The van der Waals surface area contributed by atoms with Gasteiger partial charge in [0.2, 0.25) is 0 Å². The lowest BCUT2D eigenvalue weighted by Crippen LogP contribution is -2.12. The van der Waals surface area contributed by atoms with Gasteiger partial charge >= 0.3 is 0 Å². The smallest absolute Gasteiger partial charge is 0.132 e. The highest BCUT2D eigenvalue weighted by atomic mass is 16.1. The Labute approximate surface area is 141 Å². The van der Waals surface area contributed by atoms with Crippen LogP contribution in [0.25, 0.3) is 10.9 Å². The van der Waals surface area contributed by atoms with Gasteiger partial charge in [-0.3, -0.25) is 9.48 Å². The van der Waals surface area contributed by atoms with Crippen molar-refractivity contribution in [3.8, 4) is 0 Å². The third-order valence-corrected chi connectivity index (χ3v) is 4.12. The van der Waals surface area contributed by atoms with Crippen LogP contribution < -0.4 is 0 Å². The molecule has 0 spiro atoms. The van der Waals surface area contributed by atoms with Gasteiger partial charge < -0.3 is 0 Å². The molecule has 0 aliphatic heterocycles. The molecule has 0 radical (unpaired) electrons. The summed E-state index contributed by atoms with van der Waals surface area (Å²) in [5, 5.41) is 5.67. The van der Waals surface area contributed by atoms with Gasteiger partial charge in [-0.15, -0.1) is 0 Å². The molecule has 3 heteroatoms. The molecule has 1 fully saturated rings. The van der Waals surface area contributed by atoms with Crippen LogP contribution in [0.4, 0.5) is 0 Å². The number of carbonyl (C=O) groups is 1. The van der Waals surface area contributed by atoms with Crippen LogP contribution in [0.1, 0.15) is 84.7 Å². The minimum absolute atomic E-state index is 0.385. The summed E-state index contributed by atoms with van der Waals surface area (Å²) in [6.07, 6.45) is 5.44. The highest BCUT2D eigenvalue weighted by Crippen LogP contribution is 2.33. The number of fused-ring (bicyclic) bond motifs is 1. The highest BCUT2D eigenvalue weighted by molar-refractivity contribution is 5.81. The number of rotatable bonds is 2. The second kappa shape index (κ2) is 9.49. The summed E-state index contributed by atoms with van der Waals surface area (Å²) < 4.78 is 2.06. The molecule has 1 aliphatic carbocycles. The Morgan fingerprint density at radius 3 is 2.26 bits per heavy atom. The molecular formula is C20H32N2O. The van der Waals surface area contributed by atoms with Gasteiger partial charge in [-0.25, -0.2) is 0 Å². The first-order valence-electron chi connectivity index (χ1n) is 9.14. The maximum Gasteiger partial charge on any atom is 0.132 e. The monoisotopic (exact) mass is 316 g/mol. The molecule has 1 aromatic heterocycles. The predicted octanol–water partition coefficient (Wildman–Crippen LogP) is 5.90. The van der Waals surface area contributed by atoms with Crippen LogP contribution in [0.2, 0.25) is 0 Å². The molecule has 1 heterocycles. The van der Waals surface area contributed by atoms with E-state index in [4.69, 9.17) is 0 Å². The molecule has 1 aliphatic rings. The third-order valence-electron chi connectivity index (χ3n) is 4.12. The van der Waals surface area contributed by atoms with Crippen LogP contribution in [-0.2, 0) is 4.79 Å². The number of ketones is 1. The van der Waals surface area contributed by atoms with E-state index >= 15 is 0 Å². The van der Waals surface area contributed by atoms with Gasteiger partial charge in [0.05, 0.1) is 11.7 Å². The Bertz CT molecular complexity index is 603. The first kappa shape index (κ1) is 19.4. The number of hydrogen-bond donors (Lipinski definition) is 0. The van der Waals surface area contributed by atoms with Crippen molar-refractivity contribution in [3.63, 3.8) is 0 Å². The number of hydrogen-bond acceptors (Lipinski definition) is 2. The minimum atomic E-state index is 0.385. The average Bonchev–Trinajstić information content (AvgIpc) is 3.02. The van der Waals surface area contributed by atoms with Crippen molar-refractivity contribution in [2.75, 3.05) is 0 Å². The molecule has 1 saturated carbocycles. The van der Waals surface area contributed by atoms with Gasteiger partial charge in [0.15, 0.2) is 0 Å². The number of aromatic nitrogens is 2. The van der Waals surface area contributed by atoms with Crippen molar-refractivity contribution in [3.05, 3.63) is 30.0 Å². The van der Waals surface area contributed by atoms with E-state index in [1.165, 1.54) is 16.5 Å². The van der Waals surface area contributed by atoms with E-state index in [2.05, 4.69) is 41.8 Å². The minimum Gasteiger partial charge on any atom is -0.300 e. The summed E-state index contributed by atoms with van der Waals surface area (Å²) in [6, 6.07) is 7.02. The van der Waals surface area contributed by atoms with E-state index in [0.717, 1.165) is 25.7 Å². The summed E-state index contributed by atoms with van der Waals surface area (Å²) in [7, 11) is 0. The lowest BCUT2D eigenvalue weighted by Gasteiger charge is -2.21. The quantitative estimate of drug-likeness (QED) is 0.691. The van der Waals surface area contributed by atoms with Crippen LogP contribution in [0.15, 0.2) is 24.4 Å². The Morgan fingerprint density at radius 2 is 1.70 bits per heavy atom. The van der Waals surface area contributed by atoms with E-state index in [1.807, 2.05) is 33.9 Å². The van der Waals surface area contributed by atoms with E-state index in [9.17, 15) is 4.79 Å². The third kappa shape index (κ3) is 4.66. The van der Waals surface area contributed by atoms with Crippen LogP contribution in [0, 0.1) is 0 Å². The second-order valence-corrected chi connectivity index (χ2v) is 5.81. The van der Waals surface area contributed by atoms with Crippen LogP contribution >= 0.6 is 0 Å². The molecule has 23 heavy (non-hydrogen) atoms. The van der Waals surface area contributed by atoms with Gasteiger partial charge in [0.25, 0.3) is 0 Å². The van der Waals surface area contributed by atoms with Gasteiger partial charge in [-0.05, 0) is 50.3 Å². The number of carbonyl (C=O) groups excluding carboxylic acids is 1. The molecule has 0 N–H and O–H groups in total. The molecule has 2 aromatic rings. The number of nitrogens with zero attached hydrogens (tertiary/aromatic N) is 2. The zero-order valence-electron chi connectivity index (χ0n) is 15.6. The fraction of sp³-hybridized carbons (Fsp3) is 0.600. The topological polar surface area (TPSA) is 34.9 Å². The largest absolute Gasteiger partial charge is 0.300 e. The van der Waals surface area contributed by atoms with Crippen LogP contribution in [0.3, 0.4) is 0 Å².